The Morgan fingerprint density at radius 2 is 1.81 bits per heavy atom. The minimum absolute atomic E-state index is 0.157. The van der Waals surface area contributed by atoms with Crippen LogP contribution in [0.15, 0.2) is 29.4 Å². The lowest BCUT2D eigenvalue weighted by Crippen LogP contribution is -2.37. The van der Waals surface area contributed by atoms with Gasteiger partial charge in [-0.05, 0) is 37.8 Å². The SMILES string of the molecule is CN(C)C(=NC1CCC(Oc2nc(N3CCOCC3)cc3ncccc23)CC1)N(C)C. The van der Waals surface area contributed by atoms with Gasteiger partial charge in [-0.2, -0.15) is 4.98 Å². The molecule has 8 heteroatoms. The van der Waals surface area contributed by atoms with Crippen molar-refractivity contribution in [2.75, 3.05) is 59.4 Å². The number of ether oxygens (including phenoxy) is 2. The third kappa shape index (κ3) is 5.18. The van der Waals surface area contributed by atoms with Crippen LogP contribution in [0.1, 0.15) is 25.7 Å². The van der Waals surface area contributed by atoms with Gasteiger partial charge < -0.3 is 24.2 Å². The van der Waals surface area contributed by atoms with Crippen molar-refractivity contribution in [2.24, 2.45) is 4.99 Å². The van der Waals surface area contributed by atoms with Gasteiger partial charge in [0.25, 0.3) is 0 Å². The van der Waals surface area contributed by atoms with Crippen molar-refractivity contribution in [1.29, 1.82) is 0 Å². The minimum Gasteiger partial charge on any atom is -0.474 e. The van der Waals surface area contributed by atoms with Gasteiger partial charge in [-0.15, -0.1) is 0 Å². The van der Waals surface area contributed by atoms with Gasteiger partial charge in [0.05, 0.1) is 30.2 Å². The Morgan fingerprint density at radius 1 is 1.10 bits per heavy atom. The highest BCUT2D eigenvalue weighted by atomic mass is 16.5. The van der Waals surface area contributed by atoms with E-state index in [4.69, 9.17) is 19.5 Å². The molecular formula is C23H34N6O2. The van der Waals surface area contributed by atoms with Gasteiger partial charge >= 0.3 is 0 Å². The number of aromatic nitrogens is 2. The monoisotopic (exact) mass is 426 g/mol. The summed E-state index contributed by atoms with van der Waals surface area (Å²) in [5.41, 5.74) is 0.925. The summed E-state index contributed by atoms with van der Waals surface area (Å²) in [6.45, 7) is 3.14. The average Bonchev–Trinajstić information content (AvgIpc) is 2.78. The molecule has 1 aliphatic carbocycles. The number of nitrogens with zero attached hydrogens (tertiary/aromatic N) is 6. The molecule has 0 spiro atoms. The maximum absolute atomic E-state index is 6.47. The fraction of sp³-hybridized carbons (Fsp3) is 0.609. The molecule has 0 unspecified atom stereocenters. The van der Waals surface area contributed by atoms with Crippen LogP contribution < -0.4 is 9.64 Å². The van der Waals surface area contributed by atoms with E-state index < -0.39 is 0 Å². The lowest BCUT2D eigenvalue weighted by atomic mass is 9.93. The normalized spacial score (nSPS) is 21.6. The van der Waals surface area contributed by atoms with E-state index in [1.165, 1.54) is 0 Å². The maximum atomic E-state index is 6.47. The number of anilines is 1. The van der Waals surface area contributed by atoms with E-state index in [1.807, 2.05) is 46.5 Å². The first-order valence-electron chi connectivity index (χ1n) is 11.2. The van der Waals surface area contributed by atoms with Gasteiger partial charge in [-0.3, -0.25) is 4.98 Å². The van der Waals surface area contributed by atoms with Crippen molar-refractivity contribution in [3.8, 4) is 5.88 Å². The quantitative estimate of drug-likeness (QED) is 0.550. The predicted octanol–water partition coefficient (Wildman–Crippen LogP) is 2.64. The zero-order valence-corrected chi connectivity index (χ0v) is 19.1. The summed E-state index contributed by atoms with van der Waals surface area (Å²) >= 11 is 0. The minimum atomic E-state index is 0.157. The first kappa shape index (κ1) is 21.6. The number of fused-ring (bicyclic) bond motifs is 1. The van der Waals surface area contributed by atoms with Crippen LogP contribution in [-0.2, 0) is 4.74 Å². The number of guanidine groups is 1. The molecule has 2 aliphatic rings. The summed E-state index contributed by atoms with van der Waals surface area (Å²) in [5.74, 6) is 2.63. The topological polar surface area (TPSA) is 66.3 Å². The van der Waals surface area contributed by atoms with Crippen LogP contribution in [0.25, 0.3) is 10.9 Å². The Hall–Kier alpha value is -2.61. The summed E-state index contributed by atoms with van der Waals surface area (Å²) < 4.78 is 12.0. The lowest BCUT2D eigenvalue weighted by Gasteiger charge is -2.31. The lowest BCUT2D eigenvalue weighted by molar-refractivity contribution is 0.122. The highest BCUT2D eigenvalue weighted by molar-refractivity contribution is 5.85. The van der Waals surface area contributed by atoms with Crippen molar-refractivity contribution in [3.63, 3.8) is 0 Å². The zero-order valence-electron chi connectivity index (χ0n) is 19.1. The second-order valence-corrected chi connectivity index (χ2v) is 8.72. The van der Waals surface area contributed by atoms with Crippen LogP contribution in [-0.4, -0.2) is 92.4 Å². The van der Waals surface area contributed by atoms with E-state index in [1.54, 1.807) is 0 Å². The molecule has 0 atom stereocenters. The molecule has 0 amide bonds. The van der Waals surface area contributed by atoms with E-state index in [2.05, 4.69) is 25.8 Å². The highest BCUT2D eigenvalue weighted by Gasteiger charge is 2.25. The molecule has 1 aliphatic heterocycles. The molecule has 168 valence electrons. The van der Waals surface area contributed by atoms with E-state index in [0.29, 0.717) is 11.9 Å². The second kappa shape index (κ2) is 9.68. The van der Waals surface area contributed by atoms with Gasteiger partial charge in [0.1, 0.15) is 11.9 Å². The molecule has 0 radical (unpaired) electrons. The molecular weight excluding hydrogens is 392 g/mol. The van der Waals surface area contributed by atoms with E-state index in [-0.39, 0.29) is 6.10 Å². The maximum Gasteiger partial charge on any atom is 0.225 e. The fourth-order valence-corrected chi connectivity index (χ4v) is 4.32. The molecule has 0 bridgehead atoms. The summed E-state index contributed by atoms with van der Waals surface area (Å²) in [5, 5.41) is 0.974. The molecule has 4 rings (SSSR count). The Kier molecular flexibility index (Phi) is 6.75. The Bertz CT molecular complexity index is 892. The van der Waals surface area contributed by atoms with Crippen LogP contribution >= 0.6 is 0 Å². The molecule has 2 aromatic heterocycles. The molecule has 1 saturated heterocycles. The number of hydrogen-bond acceptors (Lipinski definition) is 6. The van der Waals surface area contributed by atoms with Gasteiger partial charge in [0.15, 0.2) is 5.96 Å². The number of pyridine rings is 2. The fourth-order valence-electron chi connectivity index (χ4n) is 4.32. The van der Waals surface area contributed by atoms with Crippen LogP contribution in [0.2, 0.25) is 0 Å². The first-order valence-corrected chi connectivity index (χ1v) is 11.2. The Labute approximate surface area is 184 Å². The molecule has 2 aromatic rings. The molecule has 31 heavy (non-hydrogen) atoms. The second-order valence-electron chi connectivity index (χ2n) is 8.72. The molecule has 8 nitrogen and oxygen atoms in total. The summed E-state index contributed by atoms with van der Waals surface area (Å²) in [6, 6.07) is 6.39. The van der Waals surface area contributed by atoms with Gasteiger partial charge in [0, 0.05) is 53.5 Å². The zero-order chi connectivity index (χ0) is 21.8. The van der Waals surface area contributed by atoms with Crippen LogP contribution in [0.5, 0.6) is 5.88 Å². The van der Waals surface area contributed by atoms with E-state index >= 15 is 0 Å². The number of rotatable bonds is 4. The van der Waals surface area contributed by atoms with Crippen molar-refractivity contribution in [1.82, 2.24) is 19.8 Å². The van der Waals surface area contributed by atoms with Crippen molar-refractivity contribution >= 4 is 22.7 Å². The third-order valence-corrected chi connectivity index (χ3v) is 5.91. The van der Waals surface area contributed by atoms with E-state index in [0.717, 1.165) is 74.7 Å². The smallest absolute Gasteiger partial charge is 0.225 e. The predicted molar refractivity (Wildman–Crippen MR) is 124 cm³/mol. The number of hydrogen-bond donors (Lipinski definition) is 0. The number of aliphatic imine (C=N–C) groups is 1. The first-order chi connectivity index (χ1) is 15.0. The summed E-state index contributed by atoms with van der Waals surface area (Å²) in [6.07, 6.45) is 5.99. The molecule has 2 fully saturated rings. The van der Waals surface area contributed by atoms with Gasteiger partial charge in [0.2, 0.25) is 5.88 Å². The molecule has 1 saturated carbocycles. The molecule has 0 aromatic carbocycles. The van der Waals surface area contributed by atoms with Crippen LogP contribution in [0, 0.1) is 0 Å². The summed E-state index contributed by atoms with van der Waals surface area (Å²) in [4.78, 5) is 20.8. The molecule has 3 heterocycles. The van der Waals surface area contributed by atoms with Crippen molar-refractivity contribution < 1.29 is 9.47 Å². The standard InChI is InChI=1S/C23H34N6O2/c1-27(2)23(28(3)4)25-17-7-9-18(10-8-17)31-22-19-6-5-11-24-20(19)16-21(26-22)29-12-14-30-15-13-29/h5-6,11,16-18H,7-10,12-15H2,1-4H3. The third-order valence-electron chi connectivity index (χ3n) is 5.91. The Morgan fingerprint density at radius 3 is 2.48 bits per heavy atom. The average molecular weight is 427 g/mol. The highest BCUT2D eigenvalue weighted by Crippen LogP contribution is 2.31. The van der Waals surface area contributed by atoms with Crippen molar-refractivity contribution in [3.05, 3.63) is 24.4 Å². The van der Waals surface area contributed by atoms with E-state index in [9.17, 15) is 0 Å². The van der Waals surface area contributed by atoms with Gasteiger partial charge in [-0.25, -0.2) is 4.99 Å². The van der Waals surface area contributed by atoms with Crippen LogP contribution in [0.4, 0.5) is 5.82 Å². The summed E-state index contributed by atoms with van der Waals surface area (Å²) in [7, 11) is 8.17. The van der Waals surface area contributed by atoms with Gasteiger partial charge in [-0.1, -0.05) is 0 Å². The molecule has 0 N–H and O–H groups in total. The Balaban J connectivity index is 1.48. The van der Waals surface area contributed by atoms with Crippen molar-refractivity contribution in [2.45, 2.75) is 37.8 Å². The number of morpholine rings is 1. The van der Waals surface area contributed by atoms with Crippen LogP contribution in [0.3, 0.4) is 0 Å². The largest absolute Gasteiger partial charge is 0.474 e.